The Morgan fingerprint density at radius 1 is 1.32 bits per heavy atom. The first-order valence-electron chi connectivity index (χ1n) is 6.47. The lowest BCUT2D eigenvalue weighted by atomic mass is 9.74. The first kappa shape index (κ1) is 13.8. The van der Waals surface area contributed by atoms with E-state index in [1.54, 1.807) is 20.8 Å². The van der Waals surface area contributed by atoms with Crippen molar-refractivity contribution in [2.75, 3.05) is 0 Å². The molecule has 106 valence electrons. The fourth-order valence-corrected chi connectivity index (χ4v) is 2.88. The summed E-state index contributed by atoms with van der Waals surface area (Å²) in [5, 5.41) is 9.29. The Kier molecular flexibility index (Phi) is 3.28. The molecule has 2 bridgehead atoms. The molecule has 0 aromatic heterocycles. The molecule has 3 aliphatic rings. The van der Waals surface area contributed by atoms with Crippen molar-refractivity contribution in [3.05, 3.63) is 0 Å². The molecule has 1 N–H and O–H groups in total. The molecule has 19 heavy (non-hydrogen) atoms. The van der Waals surface area contributed by atoms with Crippen molar-refractivity contribution in [1.29, 1.82) is 0 Å². The largest absolute Gasteiger partial charge is 0.480 e. The van der Waals surface area contributed by atoms with Gasteiger partial charge in [-0.3, -0.25) is 9.69 Å². The quantitative estimate of drug-likeness (QED) is 0.778. The van der Waals surface area contributed by atoms with Gasteiger partial charge in [-0.05, 0) is 33.6 Å². The average molecular weight is 269 g/mol. The molecule has 2 aliphatic heterocycles. The Labute approximate surface area is 111 Å². The van der Waals surface area contributed by atoms with E-state index in [2.05, 4.69) is 0 Å². The van der Waals surface area contributed by atoms with Crippen LogP contribution in [0.2, 0.25) is 0 Å². The summed E-state index contributed by atoms with van der Waals surface area (Å²) in [6.45, 7) is 5.19. The Morgan fingerprint density at radius 2 is 1.95 bits per heavy atom. The van der Waals surface area contributed by atoms with Gasteiger partial charge in [-0.25, -0.2) is 9.59 Å². The summed E-state index contributed by atoms with van der Waals surface area (Å²) >= 11 is 0. The van der Waals surface area contributed by atoms with Crippen molar-refractivity contribution in [1.82, 2.24) is 4.90 Å². The molecule has 0 aromatic carbocycles. The summed E-state index contributed by atoms with van der Waals surface area (Å²) in [6.07, 6.45) is 0.814. The lowest BCUT2D eigenvalue weighted by Crippen LogP contribution is -2.64. The summed E-state index contributed by atoms with van der Waals surface area (Å²) in [5.74, 6) is -1.77. The summed E-state index contributed by atoms with van der Waals surface area (Å²) in [5.41, 5.74) is -0.680. The number of aliphatic carboxylic acids is 1. The standard InChI is InChI=1S/C13H19NO5/c1-13(2,3)19-12(18)14-7-4-5-8(9(15)6-7)10(14)11(16)17/h7-8,10H,4-6H2,1-3H3,(H,16,17)/t7-,8+,10+/m1/s1. The highest BCUT2D eigenvalue weighted by Crippen LogP contribution is 2.38. The molecule has 6 heteroatoms. The monoisotopic (exact) mass is 269 g/mol. The number of Topliss-reactive ketones (excluding diaryl/α,β-unsaturated/α-hetero) is 1. The van der Waals surface area contributed by atoms with E-state index in [-0.39, 0.29) is 18.2 Å². The average Bonchev–Trinajstić information content (AvgIpc) is 2.25. The highest BCUT2D eigenvalue weighted by molar-refractivity contribution is 5.93. The molecule has 0 spiro atoms. The van der Waals surface area contributed by atoms with Crippen molar-refractivity contribution in [3.8, 4) is 0 Å². The number of carboxylic acids is 1. The number of ether oxygens (including phenoxy) is 1. The van der Waals surface area contributed by atoms with Crippen molar-refractivity contribution < 1.29 is 24.2 Å². The molecule has 2 heterocycles. The van der Waals surface area contributed by atoms with Crippen LogP contribution in [0.15, 0.2) is 0 Å². The van der Waals surface area contributed by atoms with E-state index in [1.165, 1.54) is 4.90 Å². The summed E-state index contributed by atoms with van der Waals surface area (Å²) < 4.78 is 5.26. The highest BCUT2D eigenvalue weighted by Gasteiger charge is 2.52. The van der Waals surface area contributed by atoms with Crippen molar-refractivity contribution in [3.63, 3.8) is 0 Å². The molecule has 1 saturated carbocycles. The van der Waals surface area contributed by atoms with Crippen LogP contribution in [-0.2, 0) is 14.3 Å². The van der Waals surface area contributed by atoms with Gasteiger partial charge in [0.2, 0.25) is 0 Å². The Balaban J connectivity index is 2.25. The zero-order chi connectivity index (χ0) is 14.4. The molecule has 1 amide bonds. The van der Waals surface area contributed by atoms with E-state index < -0.39 is 29.6 Å². The third kappa shape index (κ3) is 2.57. The molecule has 0 radical (unpaired) electrons. The molecule has 1 aliphatic carbocycles. The number of carboxylic acid groups (broad SMARTS) is 1. The topological polar surface area (TPSA) is 83.9 Å². The number of carbonyl (C=O) groups is 3. The van der Waals surface area contributed by atoms with Crippen LogP contribution in [-0.4, -0.2) is 45.5 Å². The molecule has 0 unspecified atom stereocenters. The van der Waals surface area contributed by atoms with Crippen LogP contribution in [0.4, 0.5) is 4.79 Å². The van der Waals surface area contributed by atoms with Crippen LogP contribution in [0.1, 0.15) is 40.0 Å². The SMILES string of the molecule is CC(C)(C)OC(=O)N1[C@@H]2CC[C@@H](C(=O)C2)[C@H]1C(=O)O. The van der Waals surface area contributed by atoms with Gasteiger partial charge in [-0.2, -0.15) is 0 Å². The lowest BCUT2D eigenvalue weighted by Gasteiger charge is -2.48. The Morgan fingerprint density at radius 3 is 2.42 bits per heavy atom. The first-order valence-corrected chi connectivity index (χ1v) is 6.47. The number of hydrogen-bond acceptors (Lipinski definition) is 4. The van der Waals surface area contributed by atoms with E-state index >= 15 is 0 Å². The zero-order valence-corrected chi connectivity index (χ0v) is 11.4. The molecule has 3 rings (SSSR count). The van der Waals surface area contributed by atoms with Gasteiger partial charge < -0.3 is 9.84 Å². The molecular formula is C13H19NO5. The third-order valence-electron chi connectivity index (χ3n) is 3.59. The number of hydrogen-bond donors (Lipinski definition) is 1. The smallest absolute Gasteiger partial charge is 0.411 e. The van der Waals surface area contributed by atoms with Gasteiger partial charge >= 0.3 is 12.1 Å². The van der Waals surface area contributed by atoms with Crippen LogP contribution < -0.4 is 0 Å². The van der Waals surface area contributed by atoms with Gasteiger partial charge in [0.15, 0.2) is 0 Å². The second-order valence-corrected chi connectivity index (χ2v) is 6.18. The fraction of sp³-hybridized carbons (Fsp3) is 0.769. The highest BCUT2D eigenvalue weighted by atomic mass is 16.6. The third-order valence-corrected chi connectivity index (χ3v) is 3.59. The Bertz CT molecular complexity index is 425. The fourth-order valence-electron chi connectivity index (χ4n) is 2.88. The van der Waals surface area contributed by atoms with Gasteiger partial charge in [0.25, 0.3) is 0 Å². The van der Waals surface area contributed by atoms with Crippen LogP contribution >= 0.6 is 0 Å². The second kappa shape index (κ2) is 4.51. The van der Waals surface area contributed by atoms with Crippen LogP contribution in [0.3, 0.4) is 0 Å². The minimum Gasteiger partial charge on any atom is -0.480 e. The number of amides is 1. The molecular weight excluding hydrogens is 250 g/mol. The van der Waals surface area contributed by atoms with Gasteiger partial charge in [0, 0.05) is 18.4 Å². The molecule has 6 nitrogen and oxygen atoms in total. The summed E-state index contributed by atoms with van der Waals surface area (Å²) in [6, 6.07) is -1.41. The molecule has 3 atom stereocenters. The lowest BCUT2D eigenvalue weighted by molar-refractivity contribution is -0.158. The number of nitrogens with zero attached hydrogens (tertiary/aromatic N) is 1. The second-order valence-electron chi connectivity index (χ2n) is 6.18. The van der Waals surface area contributed by atoms with Crippen molar-refractivity contribution in [2.45, 2.75) is 57.7 Å². The Hall–Kier alpha value is -1.59. The summed E-state index contributed by atoms with van der Waals surface area (Å²) in [7, 11) is 0. The van der Waals surface area contributed by atoms with Gasteiger partial charge in [0.05, 0.1) is 0 Å². The van der Waals surface area contributed by atoms with E-state index in [9.17, 15) is 19.5 Å². The van der Waals surface area contributed by atoms with Gasteiger partial charge in [0.1, 0.15) is 17.4 Å². The number of piperidine rings is 2. The van der Waals surface area contributed by atoms with E-state index in [4.69, 9.17) is 4.74 Å². The number of fused-ring (bicyclic) bond motifs is 3. The van der Waals surface area contributed by atoms with Crippen LogP contribution in [0, 0.1) is 5.92 Å². The van der Waals surface area contributed by atoms with Gasteiger partial charge in [-0.15, -0.1) is 0 Å². The van der Waals surface area contributed by atoms with Crippen LogP contribution in [0.5, 0.6) is 0 Å². The predicted molar refractivity (Wildman–Crippen MR) is 65.6 cm³/mol. The minimum absolute atomic E-state index is 0.0524. The normalized spacial score (nSPS) is 30.4. The summed E-state index contributed by atoms with van der Waals surface area (Å²) in [4.78, 5) is 36.6. The number of ketones is 1. The van der Waals surface area contributed by atoms with Crippen molar-refractivity contribution in [2.24, 2.45) is 5.92 Å². The maximum Gasteiger partial charge on any atom is 0.411 e. The van der Waals surface area contributed by atoms with E-state index in [1.807, 2.05) is 0 Å². The number of carbonyl (C=O) groups excluding carboxylic acids is 2. The molecule has 2 saturated heterocycles. The zero-order valence-electron chi connectivity index (χ0n) is 11.4. The van der Waals surface area contributed by atoms with E-state index in [0.717, 1.165) is 0 Å². The maximum absolute atomic E-state index is 12.2. The van der Waals surface area contributed by atoms with Crippen molar-refractivity contribution >= 4 is 17.8 Å². The predicted octanol–water partition coefficient (Wildman–Crippen LogP) is 1.43. The minimum atomic E-state index is -1.13. The van der Waals surface area contributed by atoms with Crippen LogP contribution in [0.25, 0.3) is 0 Å². The molecule has 3 fully saturated rings. The van der Waals surface area contributed by atoms with Gasteiger partial charge in [-0.1, -0.05) is 0 Å². The molecule has 0 aromatic rings. The first-order chi connectivity index (χ1) is 8.70. The maximum atomic E-state index is 12.2. The van der Waals surface area contributed by atoms with E-state index in [0.29, 0.717) is 12.8 Å². The number of rotatable bonds is 1.